The molecule has 1 aromatic carbocycles. The molecule has 0 bridgehead atoms. The number of nitrogens with zero attached hydrogens (tertiary/aromatic N) is 2. The maximum absolute atomic E-state index is 13.1. The highest BCUT2D eigenvalue weighted by Gasteiger charge is 2.38. The number of hydrogen-bond donors (Lipinski definition) is 4. The number of carbonyl (C=O) groups is 4. The quantitative estimate of drug-likeness (QED) is 0.233. The van der Waals surface area contributed by atoms with Gasteiger partial charge in [-0.05, 0) is 58.0 Å². The van der Waals surface area contributed by atoms with Crippen molar-refractivity contribution in [1.82, 2.24) is 24.9 Å². The zero-order valence-corrected chi connectivity index (χ0v) is 26.3. The lowest BCUT2D eigenvalue weighted by molar-refractivity contribution is -0.192. The molecule has 1 atom stereocenters. The van der Waals surface area contributed by atoms with Gasteiger partial charge in [-0.1, -0.05) is 31.9 Å². The number of carboxylic acid groups (broad SMARTS) is 1. The van der Waals surface area contributed by atoms with Gasteiger partial charge in [-0.15, -0.1) is 0 Å². The maximum Gasteiger partial charge on any atom is 0.490 e. The van der Waals surface area contributed by atoms with Gasteiger partial charge < -0.3 is 20.3 Å². The fraction of sp³-hybridized carbons (Fsp3) is 0.552. The number of ketones is 1. The number of alkyl halides is 3. The van der Waals surface area contributed by atoms with Gasteiger partial charge in [0.1, 0.15) is 11.6 Å². The highest BCUT2D eigenvalue weighted by molar-refractivity contribution is 7.89. The zero-order chi connectivity index (χ0) is 33.8. The van der Waals surface area contributed by atoms with E-state index in [1.165, 1.54) is 6.07 Å². The number of amides is 2. The molecule has 0 unspecified atom stereocenters. The number of aromatic amines is 1. The average Bonchev–Trinajstić information content (AvgIpc) is 3.46. The number of rotatable bonds is 13. The van der Waals surface area contributed by atoms with Crippen molar-refractivity contribution < 1.29 is 45.9 Å². The summed E-state index contributed by atoms with van der Waals surface area (Å²) < 4.78 is 56.6. The fourth-order valence-corrected chi connectivity index (χ4v) is 5.03. The van der Waals surface area contributed by atoms with Crippen LogP contribution >= 0.6 is 0 Å². The lowest BCUT2D eigenvalue weighted by Crippen LogP contribution is -2.40. The Morgan fingerprint density at radius 1 is 1.13 bits per heavy atom. The predicted octanol–water partition coefficient (Wildman–Crippen LogP) is 3.83. The topological polar surface area (TPSA) is 179 Å². The van der Waals surface area contributed by atoms with Crippen LogP contribution < -0.4 is 10.0 Å². The number of imidazole rings is 1. The Morgan fingerprint density at radius 3 is 2.36 bits per heavy atom. The third-order valence-electron chi connectivity index (χ3n) is 7.13. The monoisotopic (exact) mass is 659 g/mol. The molecule has 1 aliphatic heterocycles. The van der Waals surface area contributed by atoms with E-state index in [1.807, 2.05) is 11.6 Å². The van der Waals surface area contributed by atoms with Crippen LogP contribution in [0.4, 0.5) is 13.2 Å². The first-order valence-corrected chi connectivity index (χ1v) is 16.4. The largest absolute Gasteiger partial charge is 0.490 e. The van der Waals surface area contributed by atoms with Crippen LogP contribution in [0.15, 0.2) is 30.5 Å². The number of carbonyl (C=O) groups excluding carboxylic acids is 3. The molecule has 250 valence electrons. The molecule has 2 amide bonds. The first-order chi connectivity index (χ1) is 21.0. The molecule has 0 saturated carbocycles. The van der Waals surface area contributed by atoms with Crippen molar-refractivity contribution in [3.8, 4) is 11.3 Å². The van der Waals surface area contributed by atoms with Gasteiger partial charge in [0.05, 0.1) is 24.2 Å². The molecule has 12 nitrogen and oxygen atoms in total. The van der Waals surface area contributed by atoms with Crippen molar-refractivity contribution in [2.75, 3.05) is 26.4 Å². The average molecular weight is 660 g/mol. The number of nitrogens with one attached hydrogen (secondary N) is 3. The smallest absolute Gasteiger partial charge is 0.475 e. The molecular formula is C29H40F3N5O7S. The molecule has 16 heteroatoms. The summed E-state index contributed by atoms with van der Waals surface area (Å²) in [6.07, 6.45) is 3.51. The van der Waals surface area contributed by atoms with Gasteiger partial charge in [-0.25, -0.2) is 22.9 Å². The van der Waals surface area contributed by atoms with E-state index in [2.05, 4.69) is 27.2 Å². The molecule has 0 radical (unpaired) electrons. The second kappa shape index (κ2) is 17.1. The van der Waals surface area contributed by atoms with Crippen molar-refractivity contribution in [2.24, 2.45) is 5.92 Å². The number of halogens is 3. The van der Waals surface area contributed by atoms with Crippen LogP contribution in [-0.2, 0) is 24.4 Å². The standard InChI is InChI=1S/C27H39N5O5S.C2HF3O2/c1-4-22(33)11-6-5-7-12-23(30-26(34)19-13-15-32(2)16-14-19)25-28-18-24(29-25)20-9-8-10-21(17-20)27(35)31-38(3,36)37;3-2(4,5)1(6)7/h8-10,17-19,23H,4-7,11-16H2,1-3H3,(H,28,29)(H,30,34)(H,31,35);(H,6,7)/t23-;/m0./s1. The van der Waals surface area contributed by atoms with Crippen molar-refractivity contribution in [1.29, 1.82) is 0 Å². The number of likely N-dealkylation sites (tertiary alicyclic amines) is 1. The van der Waals surface area contributed by atoms with Gasteiger partial charge in [0, 0.05) is 29.9 Å². The number of aliphatic carboxylic acids is 1. The van der Waals surface area contributed by atoms with Crippen LogP contribution in [0.1, 0.15) is 80.5 Å². The fourth-order valence-electron chi connectivity index (χ4n) is 4.58. The highest BCUT2D eigenvalue weighted by Crippen LogP contribution is 2.25. The van der Waals surface area contributed by atoms with Gasteiger partial charge >= 0.3 is 12.1 Å². The maximum atomic E-state index is 13.1. The molecule has 2 aromatic rings. The minimum Gasteiger partial charge on any atom is -0.475 e. The van der Waals surface area contributed by atoms with E-state index >= 15 is 0 Å². The Bertz CT molecular complexity index is 1420. The third kappa shape index (κ3) is 13.4. The molecule has 45 heavy (non-hydrogen) atoms. The summed E-state index contributed by atoms with van der Waals surface area (Å²) in [4.78, 5) is 56.0. The molecular weight excluding hydrogens is 619 g/mol. The number of carboxylic acids is 1. The second-order valence-corrected chi connectivity index (χ2v) is 12.6. The summed E-state index contributed by atoms with van der Waals surface area (Å²) in [5.41, 5.74) is 1.53. The Labute approximate surface area is 260 Å². The predicted molar refractivity (Wildman–Crippen MR) is 160 cm³/mol. The first kappa shape index (κ1) is 37.4. The Kier molecular flexibility index (Phi) is 14.2. The van der Waals surface area contributed by atoms with Crippen LogP contribution in [0, 0.1) is 5.92 Å². The SMILES string of the molecule is CCC(=O)CCCCC[C@H](NC(=O)C1CCN(C)CC1)c1ncc(-c2cccc(C(=O)NS(C)(=O)=O)c2)[nH]1.O=C(O)C(F)(F)F. The van der Waals surface area contributed by atoms with Crippen molar-refractivity contribution in [3.63, 3.8) is 0 Å². The summed E-state index contributed by atoms with van der Waals surface area (Å²) in [7, 11) is -1.62. The number of Topliss-reactive ketones (excluding diaryl/α,β-unsaturated/α-hetero) is 1. The van der Waals surface area contributed by atoms with Crippen LogP contribution in [-0.4, -0.2) is 84.5 Å². The minimum atomic E-state index is -5.08. The van der Waals surface area contributed by atoms with E-state index in [0.717, 1.165) is 51.4 Å². The van der Waals surface area contributed by atoms with Gasteiger partial charge in [0.25, 0.3) is 5.91 Å². The number of benzene rings is 1. The van der Waals surface area contributed by atoms with E-state index < -0.39 is 28.1 Å². The first-order valence-electron chi connectivity index (χ1n) is 14.5. The number of H-pyrrole nitrogens is 1. The molecule has 2 heterocycles. The van der Waals surface area contributed by atoms with E-state index in [1.54, 1.807) is 24.4 Å². The number of hydrogen-bond acceptors (Lipinski definition) is 8. The number of aromatic nitrogens is 2. The molecule has 1 aromatic heterocycles. The summed E-state index contributed by atoms with van der Waals surface area (Å²) in [6.45, 7) is 3.66. The molecule has 0 spiro atoms. The van der Waals surface area contributed by atoms with Crippen molar-refractivity contribution in [2.45, 2.75) is 70.5 Å². The lowest BCUT2D eigenvalue weighted by Gasteiger charge is -2.29. The van der Waals surface area contributed by atoms with E-state index in [4.69, 9.17) is 9.90 Å². The summed E-state index contributed by atoms with van der Waals surface area (Å²) in [6, 6.07) is 6.29. The molecule has 3 rings (SSSR count). The molecule has 0 aliphatic carbocycles. The number of unbranched alkanes of at least 4 members (excludes halogenated alkanes) is 2. The van der Waals surface area contributed by atoms with Crippen LogP contribution in [0.5, 0.6) is 0 Å². The van der Waals surface area contributed by atoms with E-state index in [9.17, 15) is 36.0 Å². The van der Waals surface area contributed by atoms with Crippen LogP contribution in [0.25, 0.3) is 11.3 Å². The molecule has 1 aliphatic rings. The lowest BCUT2D eigenvalue weighted by atomic mass is 9.95. The van der Waals surface area contributed by atoms with E-state index in [-0.39, 0.29) is 29.2 Å². The highest BCUT2D eigenvalue weighted by atomic mass is 32.2. The zero-order valence-electron chi connectivity index (χ0n) is 25.4. The summed E-state index contributed by atoms with van der Waals surface area (Å²) >= 11 is 0. The van der Waals surface area contributed by atoms with Crippen LogP contribution in [0.2, 0.25) is 0 Å². The minimum absolute atomic E-state index is 0.0293. The third-order valence-corrected chi connectivity index (χ3v) is 7.69. The van der Waals surface area contributed by atoms with E-state index in [0.29, 0.717) is 36.3 Å². The Hall–Kier alpha value is -3.79. The Morgan fingerprint density at radius 2 is 1.78 bits per heavy atom. The van der Waals surface area contributed by atoms with Gasteiger partial charge in [0.2, 0.25) is 15.9 Å². The van der Waals surface area contributed by atoms with Gasteiger partial charge in [-0.3, -0.25) is 14.4 Å². The summed E-state index contributed by atoms with van der Waals surface area (Å²) in [5, 5.41) is 10.3. The molecule has 1 fully saturated rings. The molecule has 4 N–H and O–H groups in total. The second-order valence-electron chi connectivity index (χ2n) is 10.9. The normalized spacial score (nSPS) is 15.0. The Balaban J connectivity index is 0.000000900. The van der Waals surface area contributed by atoms with Gasteiger partial charge in [-0.2, -0.15) is 13.2 Å². The number of piperidine rings is 1. The molecule has 1 saturated heterocycles. The van der Waals surface area contributed by atoms with Crippen molar-refractivity contribution >= 4 is 33.6 Å². The summed E-state index contributed by atoms with van der Waals surface area (Å²) in [5.74, 6) is -2.58. The number of sulfonamides is 1. The van der Waals surface area contributed by atoms with Gasteiger partial charge in [0.15, 0.2) is 0 Å². The van der Waals surface area contributed by atoms with Crippen molar-refractivity contribution in [3.05, 3.63) is 41.9 Å². The van der Waals surface area contributed by atoms with Crippen LogP contribution in [0.3, 0.4) is 0 Å².